The Balaban J connectivity index is 0.00000218. The number of amides is 2. The van der Waals surface area contributed by atoms with Gasteiger partial charge in [-0.3, -0.25) is 4.79 Å². The summed E-state index contributed by atoms with van der Waals surface area (Å²) in [6, 6.07) is 9.40. The molecule has 0 heterocycles. The lowest BCUT2D eigenvalue weighted by molar-refractivity contribution is -0.129. The Kier molecular flexibility index (Phi) is 9.84. The molecule has 30 heavy (non-hydrogen) atoms. The normalized spacial score (nSPS) is 16.2. The molecule has 0 saturated heterocycles. The van der Waals surface area contributed by atoms with E-state index in [-0.39, 0.29) is 5.91 Å². The second-order valence-corrected chi connectivity index (χ2v) is 8.61. The van der Waals surface area contributed by atoms with Gasteiger partial charge in [-0.15, -0.1) is 0 Å². The topological polar surface area (TPSA) is 91.2 Å². The van der Waals surface area contributed by atoms with Gasteiger partial charge in [-0.05, 0) is 46.1 Å². The second kappa shape index (κ2) is 11.6. The van der Waals surface area contributed by atoms with E-state index in [1.54, 1.807) is 20.8 Å². The molecule has 0 unspecified atom stereocenters. The Morgan fingerprint density at radius 3 is 2.20 bits per heavy atom. The van der Waals surface area contributed by atoms with Crippen molar-refractivity contribution in [3.05, 3.63) is 35.4 Å². The van der Waals surface area contributed by atoms with E-state index in [0.29, 0.717) is 19.3 Å². The fourth-order valence-corrected chi connectivity index (χ4v) is 3.45. The van der Waals surface area contributed by atoms with E-state index in [0.717, 1.165) is 30.4 Å². The molecule has 2 amide bonds. The van der Waals surface area contributed by atoms with Crippen LogP contribution in [0.25, 0.3) is 0 Å². The summed E-state index contributed by atoms with van der Waals surface area (Å²) >= 11 is 0. The monoisotopic (exact) mass is 415 g/mol. The molecule has 6 heteroatoms. The first-order valence-corrected chi connectivity index (χ1v) is 10.9. The van der Waals surface area contributed by atoms with Crippen molar-refractivity contribution in [3.8, 4) is 6.07 Å². The van der Waals surface area contributed by atoms with Crippen LogP contribution in [-0.2, 0) is 16.0 Å². The van der Waals surface area contributed by atoms with E-state index in [2.05, 4.69) is 16.7 Å². The molecular weight excluding hydrogens is 378 g/mol. The van der Waals surface area contributed by atoms with Gasteiger partial charge < -0.3 is 15.4 Å². The summed E-state index contributed by atoms with van der Waals surface area (Å²) in [6.07, 6.45) is 3.62. The lowest BCUT2D eigenvalue weighted by Gasteiger charge is -2.37. The van der Waals surface area contributed by atoms with Gasteiger partial charge in [0.1, 0.15) is 17.2 Å². The standard InChI is InChI=1S/C22H31N3O3.C2H6/c1-16-8-10-17(11-9-16)14-18(15-23)24-19(26)22(12-6-5-7-13-22)25-20(27)28-21(2,3)4;1-2/h8-11,18H,5-7,12-14H2,1-4H3,(H,24,26)(H,25,27);1-2H3/t18-;/m0./s1. The van der Waals surface area contributed by atoms with Crippen LogP contribution in [-0.4, -0.2) is 29.2 Å². The average Bonchev–Trinajstić information content (AvgIpc) is 2.69. The molecule has 2 N–H and O–H groups in total. The molecule has 1 atom stereocenters. The predicted octanol–water partition coefficient (Wildman–Crippen LogP) is 4.80. The van der Waals surface area contributed by atoms with Gasteiger partial charge in [-0.1, -0.05) is 62.9 Å². The van der Waals surface area contributed by atoms with E-state index in [1.165, 1.54) is 0 Å². The van der Waals surface area contributed by atoms with E-state index in [1.807, 2.05) is 45.0 Å². The maximum Gasteiger partial charge on any atom is 0.408 e. The number of aryl methyl sites for hydroxylation is 1. The van der Waals surface area contributed by atoms with Crippen LogP contribution in [0.4, 0.5) is 4.79 Å². The molecule has 166 valence electrons. The number of hydrogen-bond donors (Lipinski definition) is 2. The van der Waals surface area contributed by atoms with E-state index in [9.17, 15) is 14.9 Å². The fourth-order valence-electron chi connectivity index (χ4n) is 3.45. The minimum absolute atomic E-state index is 0.309. The Morgan fingerprint density at radius 2 is 1.70 bits per heavy atom. The number of benzene rings is 1. The summed E-state index contributed by atoms with van der Waals surface area (Å²) in [5.74, 6) is -0.309. The van der Waals surface area contributed by atoms with Gasteiger partial charge in [0.25, 0.3) is 0 Å². The summed E-state index contributed by atoms with van der Waals surface area (Å²) < 4.78 is 5.36. The molecule has 0 bridgehead atoms. The zero-order valence-corrected chi connectivity index (χ0v) is 19.3. The molecule has 1 saturated carbocycles. The highest BCUT2D eigenvalue weighted by Crippen LogP contribution is 2.29. The number of hydrogen-bond acceptors (Lipinski definition) is 4. The number of ether oxygens (including phenoxy) is 1. The number of rotatable bonds is 5. The third-order valence-electron chi connectivity index (χ3n) is 4.90. The van der Waals surface area contributed by atoms with Gasteiger partial charge in [0.2, 0.25) is 5.91 Å². The van der Waals surface area contributed by atoms with Crippen molar-refractivity contribution in [2.45, 2.75) is 97.2 Å². The summed E-state index contributed by atoms with van der Waals surface area (Å²) in [4.78, 5) is 25.4. The Labute approximate surface area is 181 Å². The van der Waals surface area contributed by atoms with Crippen molar-refractivity contribution in [3.63, 3.8) is 0 Å². The predicted molar refractivity (Wildman–Crippen MR) is 119 cm³/mol. The summed E-state index contributed by atoms with van der Waals surface area (Å²) in [6.45, 7) is 11.4. The first-order valence-electron chi connectivity index (χ1n) is 10.9. The zero-order chi connectivity index (χ0) is 22.8. The zero-order valence-electron chi connectivity index (χ0n) is 19.3. The van der Waals surface area contributed by atoms with Crippen molar-refractivity contribution in [1.82, 2.24) is 10.6 Å². The van der Waals surface area contributed by atoms with E-state index < -0.39 is 23.3 Å². The maximum atomic E-state index is 13.1. The maximum absolute atomic E-state index is 13.1. The molecule has 0 aliphatic heterocycles. The summed E-state index contributed by atoms with van der Waals surface area (Å²) in [5, 5.41) is 15.2. The SMILES string of the molecule is CC.Cc1ccc(C[C@@H](C#N)NC(=O)C2(NC(=O)OC(C)(C)C)CCCCC2)cc1. The van der Waals surface area contributed by atoms with Crippen molar-refractivity contribution in [1.29, 1.82) is 5.26 Å². The molecule has 1 aliphatic rings. The van der Waals surface area contributed by atoms with Crippen molar-refractivity contribution in [2.75, 3.05) is 0 Å². The molecule has 1 aliphatic carbocycles. The van der Waals surface area contributed by atoms with Crippen LogP contribution in [0.5, 0.6) is 0 Å². The molecule has 0 aromatic heterocycles. The number of carbonyl (C=O) groups is 2. The van der Waals surface area contributed by atoms with Crippen LogP contribution in [0, 0.1) is 18.3 Å². The minimum Gasteiger partial charge on any atom is -0.444 e. The molecule has 2 rings (SSSR count). The van der Waals surface area contributed by atoms with Crippen molar-refractivity contribution in [2.24, 2.45) is 0 Å². The first kappa shape index (κ1) is 25.5. The fraction of sp³-hybridized carbons (Fsp3) is 0.625. The van der Waals surface area contributed by atoms with Crippen LogP contribution in [0.15, 0.2) is 24.3 Å². The Bertz CT molecular complexity index is 724. The summed E-state index contributed by atoms with van der Waals surface area (Å²) in [5.41, 5.74) is 0.458. The number of nitriles is 1. The van der Waals surface area contributed by atoms with Gasteiger partial charge in [0.15, 0.2) is 0 Å². The van der Waals surface area contributed by atoms with Crippen molar-refractivity contribution >= 4 is 12.0 Å². The molecule has 0 radical (unpaired) electrons. The second-order valence-electron chi connectivity index (χ2n) is 8.61. The molecular formula is C24H37N3O3. The molecule has 1 aromatic carbocycles. The molecule has 1 fully saturated rings. The van der Waals surface area contributed by atoms with Gasteiger partial charge >= 0.3 is 6.09 Å². The number of nitrogens with zero attached hydrogens (tertiary/aromatic N) is 1. The Morgan fingerprint density at radius 1 is 1.13 bits per heavy atom. The average molecular weight is 416 g/mol. The lowest BCUT2D eigenvalue weighted by Crippen LogP contribution is -2.61. The quantitative estimate of drug-likeness (QED) is 0.723. The van der Waals surface area contributed by atoms with Crippen LogP contribution >= 0.6 is 0 Å². The number of carbonyl (C=O) groups excluding carboxylic acids is 2. The van der Waals surface area contributed by atoms with Crippen LogP contribution in [0.2, 0.25) is 0 Å². The van der Waals surface area contributed by atoms with Gasteiger partial charge in [0.05, 0.1) is 6.07 Å². The highest BCUT2D eigenvalue weighted by atomic mass is 16.6. The highest BCUT2D eigenvalue weighted by molar-refractivity contribution is 5.90. The lowest BCUT2D eigenvalue weighted by atomic mass is 9.80. The van der Waals surface area contributed by atoms with E-state index >= 15 is 0 Å². The largest absolute Gasteiger partial charge is 0.444 e. The number of alkyl carbamates (subject to hydrolysis) is 1. The third-order valence-corrected chi connectivity index (χ3v) is 4.90. The van der Waals surface area contributed by atoms with Gasteiger partial charge in [-0.25, -0.2) is 4.79 Å². The van der Waals surface area contributed by atoms with E-state index in [4.69, 9.17) is 4.74 Å². The van der Waals surface area contributed by atoms with Gasteiger partial charge in [0, 0.05) is 6.42 Å². The van der Waals surface area contributed by atoms with Gasteiger partial charge in [-0.2, -0.15) is 5.26 Å². The molecule has 6 nitrogen and oxygen atoms in total. The highest BCUT2D eigenvalue weighted by Gasteiger charge is 2.42. The molecule has 0 spiro atoms. The van der Waals surface area contributed by atoms with Crippen LogP contribution < -0.4 is 10.6 Å². The first-order chi connectivity index (χ1) is 14.1. The minimum atomic E-state index is -1.02. The Hall–Kier alpha value is -2.55. The third kappa shape index (κ3) is 8.06. The number of nitrogens with one attached hydrogen (secondary N) is 2. The smallest absolute Gasteiger partial charge is 0.408 e. The summed E-state index contributed by atoms with van der Waals surface area (Å²) in [7, 11) is 0. The van der Waals surface area contributed by atoms with Crippen LogP contribution in [0.3, 0.4) is 0 Å². The van der Waals surface area contributed by atoms with Crippen LogP contribution in [0.1, 0.15) is 77.8 Å². The van der Waals surface area contributed by atoms with Crippen molar-refractivity contribution < 1.29 is 14.3 Å². The molecule has 1 aromatic rings.